The number of benzene rings is 6. The Kier molecular flexibility index (Phi) is 4.87. The molecule has 0 bridgehead atoms. The average molecular weight is 537 g/mol. The second-order valence-electron chi connectivity index (χ2n) is 10.7. The van der Waals surface area contributed by atoms with E-state index in [4.69, 9.17) is 9.97 Å². The van der Waals surface area contributed by atoms with Crippen LogP contribution in [0, 0.1) is 0 Å². The largest absolute Gasteiger partial charge is 0.309 e. The molecule has 6 aromatic carbocycles. The van der Waals surface area contributed by atoms with Crippen LogP contribution in [-0.2, 0) is 0 Å². The smallest absolute Gasteiger partial charge is 0.156 e. The molecule has 9 rings (SSSR count). The van der Waals surface area contributed by atoms with E-state index < -0.39 is 0 Å². The highest BCUT2D eigenvalue weighted by Crippen LogP contribution is 2.42. The van der Waals surface area contributed by atoms with Crippen LogP contribution in [0.1, 0.15) is 0 Å². The van der Waals surface area contributed by atoms with Crippen molar-refractivity contribution in [1.29, 1.82) is 0 Å². The van der Waals surface area contributed by atoms with E-state index in [9.17, 15) is 0 Å². The first kappa shape index (κ1) is 23.0. The number of hydrogen-bond acceptors (Lipinski definition) is 2. The van der Waals surface area contributed by atoms with Crippen molar-refractivity contribution in [2.24, 2.45) is 0 Å². The van der Waals surface area contributed by atoms with Gasteiger partial charge in [-0.1, -0.05) is 97.1 Å². The lowest BCUT2D eigenvalue weighted by Crippen LogP contribution is -1.99. The highest BCUT2D eigenvalue weighted by Gasteiger charge is 2.19. The van der Waals surface area contributed by atoms with Gasteiger partial charge in [-0.25, -0.2) is 4.98 Å². The molecule has 0 aliphatic carbocycles. The van der Waals surface area contributed by atoms with Gasteiger partial charge in [0.25, 0.3) is 0 Å². The Balaban J connectivity index is 1.35. The number of hydrogen-bond donors (Lipinski definition) is 0. The number of para-hydroxylation sites is 3. The van der Waals surface area contributed by atoms with E-state index in [0.29, 0.717) is 0 Å². The zero-order valence-electron chi connectivity index (χ0n) is 22.6. The molecule has 0 amide bonds. The molecule has 0 N–H and O–H groups in total. The molecule has 0 radical (unpaired) electrons. The van der Waals surface area contributed by atoms with Gasteiger partial charge in [0.05, 0.1) is 40.2 Å². The van der Waals surface area contributed by atoms with E-state index in [1.165, 1.54) is 49.0 Å². The first-order valence-electron chi connectivity index (χ1n) is 14.2. The molecule has 4 heteroatoms. The van der Waals surface area contributed by atoms with Gasteiger partial charge >= 0.3 is 0 Å². The molecule has 0 fully saturated rings. The van der Waals surface area contributed by atoms with Crippen LogP contribution in [0.5, 0.6) is 0 Å². The van der Waals surface area contributed by atoms with E-state index in [1.807, 2.05) is 30.6 Å². The monoisotopic (exact) mass is 536 g/mol. The standard InChI is InChI=1S/C38H24N4/c1-3-11-25(12-4-1)31-23-40-36(24-39-31)42-33-18-10-8-16-30(33)38-28-19-21-34-37(27(28)20-22-35(38)42)29-15-7-9-17-32(29)41(34)26-13-5-2-6-14-26/h1-24H. The van der Waals surface area contributed by atoms with Gasteiger partial charge in [-0.05, 0) is 47.2 Å². The zero-order chi connectivity index (χ0) is 27.6. The molecule has 0 atom stereocenters. The fraction of sp³-hybridized carbons (Fsp3) is 0. The SMILES string of the molecule is c1ccc(-c2cnc(-n3c4ccccc4c4c5ccc6c(c5ccc43)c3ccccc3n6-c3ccccc3)cn2)cc1. The summed E-state index contributed by atoms with van der Waals surface area (Å²) in [6.45, 7) is 0. The van der Waals surface area contributed by atoms with Gasteiger partial charge in [0.15, 0.2) is 5.82 Å². The van der Waals surface area contributed by atoms with Crippen molar-refractivity contribution in [2.45, 2.75) is 0 Å². The molecule has 0 saturated carbocycles. The van der Waals surface area contributed by atoms with Crippen molar-refractivity contribution < 1.29 is 0 Å². The van der Waals surface area contributed by atoms with Crippen molar-refractivity contribution in [1.82, 2.24) is 19.1 Å². The summed E-state index contributed by atoms with van der Waals surface area (Å²) >= 11 is 0. The van der Waals surface area contributed by atoms with Crippen LogP contribution in [0.15, 0.2) is 146 Å². The van der Waals surface area contributed by atoms with Crippen LogP contribution in [0.4, 0.5) is 0 Å². The van der Waals surface area contributed by atoms with E-state index in [-0.39, 0.29) is 0 Å². The van der Waals surface area contributed by atoms with Crippen LogP contribution in [-0.4, -0.2) is 19.1 Å². The van der Waals surface area contributed by atoms with Gasteiger partial charge in [-0.15, -0.1) is 0 Å². The first-order chi connectivity index (χ1) is 20.9. The maximum Gasteiger partial charge on any atom is 0.156 e. The minimum absolute atomic E-state index is 0.807. The van der Waals surface area contributed by atoms with E-state index in [2.05, 4.69) is 124 Å². The molecule has 196 valence electrons. The fourth-order valence-electron chi connectivity index (χ4n) is 6.64. The molecular formula is C38H24N4. The topological polar surface area (TPSA) is 35.6 Å². The van der Waals surface area contributed by atoms with Gasteiger partial charge in [0.1, 0.15) is 0 Å². The summed E-state index contributed by atoms with van der Waals surface area (Å²) in [6, 6.07) is 47.2. The molecule has 0 aliphatic heterocycles. The predicted molar refractivity (Wildman–Crippen MR) is 174 cm³/mol. The maximum absolute atomic E-state index is 4.90. The Labute approximate surface area is 241 Å². The quantitative estimate of drug-likeness (QED) is 0.225. The lowest BCUT2D eigenvalue weighted by atomic mass is 9.99. The van der Waals surface area contributed by atoms with E-state index in [1.54, 1.807) is 0 Å². The lowest BCUT2D eigenvalue weighted by Gasteiger charge is -2.09. The summed E-state index contributed by atoms with van der Waals surface area (Å²) in [5, 5.41) is 7.46. The van der Waals surface area contributed by atoms with Crippen LogP contribution in [0.2, 0.25) is 0 Å². The van der Waals surface area contributed by atoms with Crippen LogP contribution >= 0.6 is 0 Å². The normalized spacial score (nSPS) is 11.8. The minimum atomic E-state index is 0.807. The van der Waals surface area contributed by atoms with Crippen LogP contribution in [0.3, 0.4) is 0 Å². The van der Waals surface area contributed by atoms with Crippen molar-refractivity contribution in [3.8, 4) is 22.8 Å². The second-order valence-corrected chi connectivity index (χ2v) is 10.7. The molecular weight excluding hydrogens is 512 g/mol. The summed E-state index contributed by atoms with van der Waals surface area (Å²) < 4.78 is 4.62. The highest BCUT2D eigenvalue weighted by atomic mass is 15.1. The number of fused-ring (bicyclic) bond motifs is 9. The maximum atomic E-state index is 4.90. The van der Waals surface area contributed by atoms with E-state index >= 15 is 0 Å². The number of aromatic nitrogens is 4. The summed E-state index contributed by atoms with van der Waals surface area (Å²) in [7, 11) is 0. The first-order valence-corrected chi connectivity index (χ1v) is 14.2. The van der Waals surface area contributed by atoms with Crippen molar-refractivity contribution in [3.63, 3.8) is 0 Å². The molecule has 0 saturated heterocycles. The summed E-state index contributed by atoms with van der Waals surface area (Å²) in [4.78, 5) is 9.70. The fourth-order valence-corrected chi connectivity index (χ4v) is 6.64. The summed E-state index contributed by atoms with van der Waals surface area (Å²) in [5.74, 6) is 0.807. The molecule has 0 aliphatic rings. The number of rotatable bonds is 3. The van der Waals surface area contributed by atoms with Gasteiger partial charge in [-0.3, -0.25) is 9.55 Å². The molecule has 3 heterocycles. The molecule has 4 nitrogen and oxygen atoms in total. The lowest BCUT2D eigenvalue weighted by molar-refractivity contribution is 1.04. The van der Waals surface area contributed by atoms with Crippen LogP contribution in [0.25, 0.3) is 77.1 Å². The van der Waals surface area contributed by atoms with E-state index in [0.717, 1.165) is 28.1 Å². The molecule has 42 heavy (non-hydrogen) atoms. The van der Waals surface area contributed by atoms with Crippen LogP contribution < -0.4 is 0 Å². The Morgan fingerprint density at radius 3 is 1.55 bits per heavy atom. The summed E-state index contributed by atoms with van der Waals surface area (Å²) in [5.41, 5.74) is 7.75. The molecule has 0 unspecified atom stereocenters. The summed E-state index contributed by atoms with van der Waals surface area (Å²) in [6.07, 6.45) is 3.75. The van der Waals surface area contributed by atoms with Gasteiger partial charge in [-0.2, -0.15) is 0 Å². The predicted octanol–water partition coefficient (Wildman–Crippen LogP) is 9.49. The third kappa shape index (κ3) is 3.23. The van der Waals surface area contributed by atoms with Gasteiger partial charge < -0.3 is 4.57 Å². The van der Waals surface area contributed by atoms with Crippen molar-refractivity contribution >= 4 is 54.4 Å². The van der Waals surface area contributed by atoms with Gasteiger partial charge in [0.2, 0.25) is 0 Å². The Morgan fingerprint density at radius 2 is 0.929 bits per heavy atom. The Bertz CT molecular complexity index is 2430. The van der Waals surface area contributed by atoms with Crippen molar-refractivity contribution in [2.75, 3.05) is 0 Å². The third-order valence-electron chi connectivity index (χ3n) is 8.42. The van der Waals surface area contributed by atoms with Crippen molar-refractivity contribution in [3.05, 3.63) is 146 Å². The zero-order valence-corrected chi connectivity index (χ0v) is 22.6. The molecule has 9 aromatic rings. The molecule has 0 spiro atoms. The van der Waals surface area contributed by atoms with Gasteiger partial charge in [0, 0.05) is 32.8 Å². The number of nitrogens with zero attached hydrogens (tertiary/aromatic N) is 4. The average Bonchev–Trinajstić information content (AvgIpc) is 3.59. The molecule has 3 aromatic heterocycles. The Morgan fingerprint density at radius 1 is 0.381 bits per heavy atom. The second kappa shape index (κ2) is 8.88. The Hall–Kier alpha value is -5.74. The highest BCUT2D eigenvalue weighted by molar-refractivity contribution is 6.29. The third-order valence-corrected chi connectivity index (χ3v) is 8.42. The minimum Gasteiger partial charge on any atom is -0.309 e.